The SMILES string of the molecule is C=C(F)c1ccc(-c2cc([C@H](C)CCc3cnn4cc(C(C)C)cnc34)ccn2)cc1N(C)N. The maximum Gasteiger partial charge on any atom is 0.158 e. The van der Waals surface area contributed by atoms with Crippen LogP contribution < -0.4 is 10.9 Å². The Bertz CT molecular complexity index is 1320. The first kappa shape index (κ1) is 23.6. The fraction of sp³-hybridized carbons (Fsp3) is 0.296. The van der Waals surface area contributed by atoms with Crippen LogP contribution >= 0.6 is 0 Å². The molecular formula is C27H31FN6. The predicted molar refractivity (Wildman–Crippen MR) is 136 cm³/mol. The number of hydrogen-bond donors (Lipinski definition) is 1. The summed E-state index contributed by atoms with van der Waals surface area (Å²) in [5.41, 5.74) is 7.06. The molecule has 4 aromatic rings. The highest BCUT2D eigenvalue weighted by Crippen LogP contribution is 2.32. The number of nitrogens with zero attached hydrogens (tertiary/aromatic N) is 5. The summed E-state index contributed by atoms with van der Waals surface area (Å²) in [5.74, 6) is 6.13. The molecule has 0 aliphatic heterocycles. The van der Waals surface area contributed by atoms with E-state index >= 15 is 0 Å². The van der Waals surface area contributed by atoms with Gasteiger partial charge in [0.05, 0.1) is 17.6 Å². The molecule has 0 saturated carbocycles. The summed E-state index contributed by atoms with van der Waals surface area (Å²) in [5, 5.41) is 5.90. The van der Waals surface area contributed by atoms with Crippen LogP contribution in [0.15, 0.2) is 61.7 Å². The lowest BCUT2D eigenvalue weighted by Gasteiger charge is -2.18. The average Bonchev–Trinajstić information content (AvgIpc) is 3.24. The van der Waals surface area contributed by atoms with Gasteiger partial charge in [0.15, 0.2) is 5.65 Å². The lowest BCUT2D eigenvalue weighted by Crippen LogP contribution is -2.26. The number of hydrazine groups is 1. The van der Waals surface area contributed by atoms with Crippen molar-refractivity contribution >= 4 is 17.2 Å². The van der Waals surface area contributed by atoms with Gasteiger partial charge in [0.1, 0.15) is 5.83 Å². The van der Waals surface area contributed by atoms with Gasteiger partial charge in [-0.05, 0) is 60.1 Å². The van der Waals surface area contributed by atoms with E-state index in [1.165, 1.54) is 16.1 Å². The molecule has 1 atom stereocenters. The van der Waals surface area contributed by atoms with Gasteiger partial charge in [-0.3, -0.25) is 4.98 Å². The van der Waals surface area contributed by atoms with Crippen LogP contribution in [0.2, 0.25) is 0 Å². The van der Waals surface area contributed by atoms with Gasteiger partial charge < -0.3 is 5.01 Å². The van der Waals surface area contributed by atoms with Crippen molar-refractivity contribution in [2.24, 2.45) is 5.84 Å². The Morgan fingerprint density at radius 1 is 1.12 bits per heavy atom. The zero-order chi connectivity index (χ0) is 24.4. The minimum atomic E-state index is -0.517. The zero-order valence-corrected chi connectivity index (χ0v) is 20.2. The monoisotopic (exact) mass is 458 g/mol. The largest absolute Gasteiger partial charge is 0.313 e. The Balaban J connectivity index is 1.53. The number of pyridine rings is 1. The molecule has 0 amide bonds. The smallest absolute Gasteiger partial charge is 0.158 e. The molecule has 34 heavy (non-hydrogen) atoms. The van der Waals surface area contributed by atoms with Crippen LogP contribution in [0.5, 0.6) is 0 Å². The number of rotatable bonds is 8. The van der Waals surface area contributed by atoms with Gasteiger partial charge in [-0.2, -0.15) is 5.10 Å². The van der Waals surface area contributed by atoms with Crippen molar-refractivity contribution in [2.75, 3.05) is 12.1 Å². The first-order valence-corrected chi connectivity index (χ1v) is 11.5. The number of nitrogens with two attached hydrogens (primary N) is 1. The molecule has 0 saturated heterocycles. The van der Waals surface area contributed by atoms with Crippen LogP contribution in [0, 0.1) is 0 Å². The van der Waals surface area contributed by atoms with Gasteiger partial charge in [-0.15, -0.1) is 0 Å². The van der Waals surface area contributed by atoms with E-state index in [4.69, 9.17) is 5.84 Å². The van der Waals surface area contributed by atoms with Crippen LogP contribution in [0.1, 0.15) is 61.3 Å². The van der Waals surface area contributed by atoms with Crippen molar-refractivity contribution < 1.29 is 4.39 Å². The van der Waals surface area contributed by atoms with E-state index in [1.807, 2.05) is 41.3 Å². The third kappa shape index (κ3) is 4.84. The maximum absolute atomic E-state index is 13.8. The molecule has 7 heteroatoms. The van der Waals surface area contributed by atoms with Crippen molar-refractivity contribution in [1.29, 1.82) is 0 Å². The second kappa shape index (κ2) is 9.73. The minimum Gasteiger partial charge on any atom is -0.313 e. The Labute approximate surface area is 199 Å². The lowest BCUT2D eigenvalue weighted by atomic mass is 9.94. The normalized spacial score (nSPS) is 12.3. The van der Waals surface area contributed by atoms with E-state index in [-0.39, 0.29) is 0 Å². The average molecular weight is 459 g/mol. The highest BCUT2D eigenvalue weighted by molar-refractivity contribution is 5.77. The fourth-order valence-electron chi connectivity index (χ4n) is 4.07. The highest BCUT2D eigenvalue weighted by atomic mass is 19.1. The molecule has 0 spiro atoms. The summed E-state index contributed by atoms with van der Waals surface area (Å²) in [4.78, 5) is 9.19. The van der Waals surface area contributed by atoms with E-state index in [0.29, 0.717) is 23.1 Å². The quantitative estimate of drug-likeness (QED) is 0.263. The second-order valence-corrected chi connectivity index (χ2v) is 9.14. The molecular weight excluding hydrogens is 427 g/mol. The van der Waals surface area contributed by atoms with Crippen molar-refractivity contribution in [1.82, 2.24) is 19.6 Å². The lowest BCUT2D eigenvalue weighted by molar-refractivity contribution is 0.680. The summed E-state index contributed by atoms with van der Waals surface area (Å²) in [6.45, 7) is 9.92. The molecule has 0 unspecified atom stereocenters. The summed E-state index contributed by atoms with van der Waals surface area (Å²) in [6, 6.07) is 9.52. The summed E-state index contributed by atoms with van der Waals surface area (Å²) in [7, 11) is 1.68. The van der Waals surface area contributed by atoms with E-state index in [9.17, 15) is 4.39 Å². The second-order valence-electron chi connectivity index (χ2n) is 9.14. The molecule has 176 valence electrons. The van der Waals surface area contributed by atoms with Gasteiger partial charge in [0.25, 0.3) is 0 Å². The Kier molecular flexibility index (Phi) is 6.75. The number of aryl methyl sites for hydroxylation is 1. The standard InChI is InChI=1S/C27H31FN6/c1-17(2)23-14-31-27-22(15-32-34(27)16-23)7-6-18(3)20-10-11-30-25(12-20)21-8-9-24(19(4)28)26(13-21)33(5)29/h8-18H,4,6-7,29H2,1-3,5H3/t18-/m1/s1. The van der Waals surface area contributed by atoms with Gasteiger partial charge >= 0.3 is 0 Å². The number of halogens is 1. The number of fused-ring (bicyclic) bond motifs is 1. The molecule has 6 nitrogen and oxygen atoms in total. The third-order valence-corrected chi connectivity index (χ3v) is 6.28. The van der Waals surface area contributed by atoms with Gasteiger partial charge in [-0.25, -0.2) is 19.7 Å². The molecule has 4 rings (SSSR count). The zero-order valence-electron chi connectivity index (χ0n) is 20.2. The summed E-state index contributed by atoms with van der Waals surface area (Å²) in [6.07, 6.45) is 9.58. The Morgan fingerprint density at radius 2 is 1.91 bits per heavy atom. The topological polar surface area (TPSA) is 72.3 Å². The number of aromatic nitrogens is 4. The Morgan fingerprint density at radius 3 is 2.62 bits per heavy atom. The molecule has 1 aromatic carbocycles. The first-order chi connectivity index (χ1) is 16.2. The molecule has 0 aliphatic rings. The first-order valence-electron chi connectivity index (χ1n) is 11.5. The van der Waals surface area contributed by atoms with Gasteiger partial charge in [0, 0.05) is 42.3 Å². The van der Waals surface area contributed by atoms with Gasteiger partial charge in [-0.1, -0.05) is 33.4 Å². The van der Waals surface area contributed by atoms with Crippen LogP contribution in [0.4, 0.5) is 10.1 Å². The van der Waals surface area contributed by atoms with Crippen molar-refractivity contribution in [3.63, 3.8) is 0 Å². The Hall–Kier alpha value is -3.58. The van der Waals surface area contributed by atoms with Crippen molar-refractivity contribution in [3.8, 4) is 11.3 Å². The van der Waals surface area contributed by atoms with Gasteiger partial charge in [0.2, 0.25) is 0 Å². The van der Waals surface area contributed by atoms with Crippen molar-refractivity contribution in [3.05, 3.63) is 84.0 Å². The third-order valence-electron chi connectivity index (χ3n) is 6.28. The van der Waals surface area contributed by atoms with E-state index in [0.717, 1.165) is 35.3 Å². The highest BCUT2D eigenvalue weighted by Gasteiger charge is 2.14. The van der Waals surface area contributed by atoms with E-state index < -0.39 is 5.83 Å². The number of benzene rings is 1. The molecule has 0 radical (unpaired) electrons. The van der Waals surface area contributed by atoms with Crippen LogP contribution in [0.3, 0.4) is 0 Å². The molecule has 2 N–H and O–H groups in total. The van der Waals surface area contributed by atoms with Crippen molar-refractivity contribution in [2.45, 2.75) is 45.4 Å². The molecule has 0 fully saturated rings. The van der Waals surface area contributed by atoms with E-state index in [1.54, 1.807) is 13.1 Å². The number of hydrogen-bond acceptors (Lipinski definition) is 5. The predicted octanol–water partition coefficient (Wildman–Crippen LogP) is 5.90. The molecule has 0 bridgehead atoms. The summed E-state index contributed by atoms with van der Waals surface area (Å²) < 4.78 is 15.7. The van der Waals surface area contributed by atoms with E-state index in [2.05, 4.69) is 54.7 Å². The number of anilines is 1. The molecule has 3 aromatic heterocycles. The molecule has 0 aliphatic carbocycles. The summed E-state index contributed by atoms with van der Waals surface area (Å²) >= 11 is 0. The van der Waals surface area contributed by atoms with Crippen LogP contribution in [0.25, 0.3) is 22.7 Å². The van der Waals surface area contributed by atoms with Crippen LogP contribution in [-0.2, 0) is 6.42 Å². The van der Waals surface area contributed by atoms with Crippen LogP contribution in [-0.4, -0.2) is 26.6 Å². The minimum absolute atomic E-state index is 0.313. The fourth-order valence-corrected chi connectivity index (χ4v) is 4.07. The maximum atomic E-state index is 13.8. The molecule has 3 heterocycles.